The van der Waals surface area contributed by atoms with Crippen molar-refractivity contribution in [3.05, 3.63) is 25.3 Å². The molecule has 2 amide bonds. The van der Waals surface area contributed by atoms with E-state index in [-0.39, 0.29) is 43.5 Å². The lowest BCUT2D eigenvalue weighted by atomic mass is 9.94. The molecule has 7 heteroatoms. The number of unbranched alkanes of at least 4 members (excludes halogenated alkanes) is 2. The molecule has 170 valence electrons. The topological polar surface area (TPSA) is 105 Å². The molecule has 0 spiro atoms. The summed E-state index contributed by atoms with van der Waals surface area (Å²) in [5.74, 6) is -1.32. The van der Waals surface area contributed by atoms with Gasteiger partial charge in [-0.05, 0) is 45.4 Å². The Morgan fingerprint density at radius 3 is 2.47 bits per heavy atom. The van der Waals surface area contributed by atoms with Gasteiger partial charge in [0.2, 0.25) is 11.8 Å². The summed E-state index contributed by atoms with van der Waals surface area (Å²) in [6.45, 7) is 9.05. The fourth-order valence-electron chi connectivity index (χ4n) is 3.66. The maximum Gasteiger partial charge on any atom is 0.305 e. The highest BCUT2D eigenvalue weighted by molar-refractivity contribution is 5.86. The highest BCUT2D eigenvalue weighted by atomic mass is 16.5. The van der Waals surface area contributed by atoms with Crippen molar-refractivity contribution in [3.63, 3.8) is 0 Å². The summed E-state index contributed by atoms with van der Waals surface area (Å²) in [6, 6.07) is -0.364. The fraction of sp³-hybridized carbons (Fsp3) is 0.696. The molecule has 0 radical (unpaired) electrons. The number of aliphatic hydroxyl groups is 1. The Bertz CT molecular complexity index is 584. The predicted octanol–water partition coefficient (Wildman–Crippen LogP) is 2.78. The van der Waals surface area contributed by atoms with Crippen LogP contribution in [0.4, 0.5) is 0 Å². The lowest BCUT2D eigenvalue weighted by Gasteiger charge is -2.31. The SMILES string of the molecule is C=CCCCCC(=O)OCC1(NC(=O)[C@H](CC=C)CC(=O)N[C@H](C)CO)CCCC1. The molecule has 0 saturated heterocycles. The fourth-order valence-corrected chi connectivity index (χ4v) is 3.66. The van der Waals surface area contributed by atoms with Crippen LogP contribution in [0, 0.1) is 5.92 Å². The van der Waals surface area contributed by atoms with E-state index in [1.54, 1.807) is 13.0 Å². The minimum Gasteiger partial charge on any atom is -0.463 e. The molecule has 30 heavy (non-hydrogen) atoms. The molecule has 0 bridgehead atoms. The van der Waals surface area contributed by atoms with E-state index >= 15 is 0 Å². The van der Waals surface area contributed by atoms with E-state index in [9.17, 15) is 14.4 Å². The Hall–Kier alpha value is -2.15. The normalized spacial score (nSPS) is 16.9. The summed E-state index contributed by atoms with van der Waals surface area (Å²) >= 11 is 0. The molecule has 1 aliphatic carbocycles. The van der Waals surface area contributed by atoms with Crippen molar-refractivity contribution in [1.29, 1.82) is 0 Å². The van der Waals surface area contributed by atoms with Crippen molar-refractivity contribution in [3.8, 4) is 0 Å². The molecule has 0 unspecified atom stereocenters. The number of carbonyl (C=O) groups excluding carboxylic acids is 3. The average Bonchev–Trinajstić information content (AvgIpc) is 3.17. The van der Waals surface area contributed by atoms with E-state index in [1.807, 2.05) is 6.08 Å². The number of allylic oxidation sites excluding steroid dienone is 2. The summed E-state index contributed by atoms with van der Waals surface area (Å²) < 4.78 is 5.49. The number of rotatable bonds is 15. The number of amides is 2. The summed E-state index contributed by atoms with van der Waals surface area (Å²) in [5.41, 5.74) is -0.567. The van der Waals surface area contributed by atoms with Crippen LogP contribution < -0.4 is 10.6 Å². The summed E-state index contributed by atoms with van der Waals surface area (Å²) in [4.78, 5) is 37.2. The second-order valence-corrected chi connectivity index (χ2v) is 8.25. The molecule has 2 atom stereocenters. The minimum atomic E-state index is -0.567. The van der Waals surface area contributed by atoms with E-state index < -0.39 is 11.5 Å². The van der Waals surface area contributed by atoms with E-state index in [0.717, 1.165) is 44.9 Å². The van der Waals surface area contributed by atoms with Gasteiger partial charge in [0, 0.05) is 18.9 Å². The first-order valence-corrected chi connectivity index (χ1v) is 11.0. The number of hydrogen-bond acceptors (Lipinski definition) is 5. The molecule has 7 nitrogen and oxygen atoms in total. The lowest BCUT2D eigenvalue weighted by Crippen LogP contribution is -2.52. The van der Waals surface area contributed by atoms with Crippen LogP contribution in [-0.2, 0) is 19.1 Å². The van der Waals surface area contributed by atoms with Crippen molar-refractivity contribution in [1.82, 2.24) is 10.6 Å². The third-order valence-corrected chi connectivity index (χ3v) is 5.43. The van der Waals surface area contributed by atoms with Crippen LogP contribution in [0.2, 0.25) is 0 Å². The lowest BCUT2D eigenvalue weighted by molar-refractivity contribution is -0.147. The molecule has 0 aliphatic heterocycles. The number of esters is 1. The molecule has 1 fully saturated rings. The van der Waals surface area contributed by atoms with Crippen LogP contribution >= 0.6 is 0 Å². The van der Waals surface area contributed by atoms with Crippen molar-refractivity contribution < 1.29 is 24.2 Å². The van der Waals surface area contributed by atoms with Crippen LogP contribution in [0.25, 0.3) is 0 Å². The third kappa shape index (κ3) is 9.57. The van der Waals surface area contributed by atoms with Crippen molar-refractivity contribution in [2.75, 3.05) is 13.2 Å². The van der Waals surface area contributed by atoms with Gasteiger partial charge in [0.1, 0.15) is 6.61 Å². The van der Waals surface area contributed by atoms with Gasteiger partial charge in [-0.15, -0.1) is 13.2 Å². The number of hydrogen-bond donors (Lipinski definition) is 3. The third-order valence-electron chi connectivity index (χ3n) is 5.43. The number of nitrogens with one attached hydrogen (secondary N) is 2. The van der Waals surface area contributed by atoms with Crippen LogP contribution in [0.5, 0.6) is 0 Å². The van der Waals surface area contributed by atoms with Gasteiger partial charge in [-0.1, -0.05) is 25.0 Å². The van der Waals surface area contributed by atoms with Crippen LogP contribution in [-0.4, -0.2) is 47.7 Å². The smallest absolute Gasteiger partial charge is 0.305 e. The maximum atomic E-state index is 12.9. The zero-order chi connectivity index (χ0) is 22.4. The van der Waals surface area contributed by atoms with Gasteiger partial charge in [0.15, 0.2) is 0 Å². The van der Waals surface area contributed by atoms with E-state index in [2.05, 4.69) is 23.8 Å². The Labute approximate surface area is 180 Å². The largest absolute Gasteiger partial charge is 0.463 e. The first kappa shape index (κ1) is 25.9. The van der Waals surface area contributed by atoms with Crippen LogP contribution in [0.3, 0.4) is 0 Å². The first-order chi connectivity index (χ1) is 14.4. The minimum absolute atomic E-state index is 0.0152. The van der Waals surface area contributed by atoms with Crippen molar-refractivity contribution in [2.24, 2.45) is 5.92 Å². The zero-order valence-corrected chi connectivity index (χ0v) is 18.3. The van der Waals surface area contributed by atoms with Crippen LogP contribution in [0.1, 0.15) is 71.1 Å². The Morgan fingerprint density at radius 1 is 1.17 bits per heavy atom. The molecular weight excluding hydrogens is 384 g/mol. The molecule has 1 rings (SSSR count). The highest BCUT2D eigenvalue weighted by Gasteiger charge is 2.38. The van der Waals surface area contributed by atoms with E-state index in [4.69, 9.17) is 9.84 Å². The van der Waals surface area contributed by atoms with Crippen LogP contribution in [0.15, 0.2) is 25.3 Å². The standard InChI is InChI=1S/C23H38N2O5/c1-4-6-7-8-12-21(28)30-17-23(13-9-10-14-23)25-22(29)19(11-5-2)15-20(27)24-18(3)16-26/h4-5,18-19,26H,1-2,6-17H2,3H3,(H,24,27)(H,25,29)/t18-,19-/m1/s1. The molecular formula is C23H38N2O5. The van der Waals surface area contributed by atoms with E-state index in [0.29, 0.717) is 12.8 Å². The number of carbonyl (C=O) groups is 3. The summed E-state index contributed by atoms with van der Waals surface area (Å²) in [7, 11) is 0. The Morgan fingerprint density at radius 2 is 1.87 bits per heavy atom. The number of aliphatic hydroxyl groups excluding tert-OH is 1. The van der Waals surface area contributed by atoms with E-state index in [1.165, 1.54) is 0 Å². The van der Waals surface area contributed by atoms with Crippen molar-refractivity contribution in [2.45, 2.75) is 82.7 Å². The quantitative estimate of drug-likeness (QED) is 0.214. The summed E-state index contributed by atoms with van der Waals surface area (Å²) in [6.07, 6.45) is 10.1. The van der Waals surface area contributed by atoms with Crippen molar-refractivity contribution >= 4 is 17.8 Å². The van der Waals surface area contributed by atoms with Gasteiger partial charge in [-0.25, -0.2) is 0 Å². The molecule has 0 aromatic carbocycles. The highest BCUT2D eigenvalue weighted by Crippen LogP contribution is 2.31. The van der Waals surface area contributed by atoms with Gasteiger partial charge < -0.3 is 20.5 Å². The van der Waals surface area contributed by atoms with Gasteiger partial charge in [-0.3, -0.25) is 14.4 Å². The second kappa shape index (κ2) is 14.0. The van der Waals surface area contributed by atoms with Gasteiger partial charge in [-0.2, -0.15) is 0 Å². The Kier molecular flexibility index (Phi) is 12.0. The van der Waals surface area contributed by atoms with Gasteiger partial charge in [0.05, 0.1) is 18.1 Å². The van der Waals surface area contributed by atoms with Gasteiger partial charge >= 0.3 is 5.97 Å². The molecule has 3 N–H and O–H groups in total. The number of ether oxygens (including phenoxy) is 1. The Balaban J connectivity index is 2.63. The maximum absolute atomic E-state index is 12.9. The average molecular weight is 423 g/mol. The summed E-state index contributed by atoms with van der Waals surface area (Å²) in [5, 5.41) is 14.8. The zero-order valence-electron chi connectivity index (χ0n) is 18.3. The predicted molar refractivity (Wildman–Crippen MR) is 117 cm³/mol. The van der Waals surface area contributed by atoms with Gasteiger partial charge in [0.25, 0.3) is 0 Å². The second-order valence-electron chi connectivity index (χ2n) is 8.25. The molecule has 0 aromatic heterocycles. The monoisotopic (exact) mass is 422 g/mol. The first-order valence-electron chi connectivity index (χ1n) is 11.0. The molecule has 0 heterocycles. The molecule has 1 saturated carbocycles. The molecule has 0 aromatic rings. The molecule has 1 aliphatic rings.